The fraction of sp³-hybridized carbons (Fsp3) is 0.211. The van der Waals surface area contributed by atoms with E-state index in [0.717, 1.165) is 23.0 Å². The highest BCUT2D eigenvalue weighted by molar-refractivity contribution is 5.95. The van der Waals surface area contributed by atoms with Crippen LogP contribution < -0.4 is 10.6 Å². The number of benzene rings is 2. The number of imidazole rings is 1. The molecule has 6 heteroatoms. The van der Waals surface area contributed by atoms with Gasteiger partial charge in [0.2, 0.25) is 5.91 Å². The van der Waals surface area contributed by atoms with Crippen LogP contribution >= 0.6 is 0 Å². The van der Waals surface area contributed by atoms with Crippen molar-refractivity contribution >= 4 is 28.5 Å². The molecule has 0 saturated heterocycles. The Balaban J connectivity index is 1.55. The molecular weight excluding hydrogens is 316 g/mol. The molecular formula is C19H20N4O2. The van der Waals surface area contributed by atoms with Crippen molar-refractivity contribution in [3.63, 3.8) is 0 Å². The Bertz CT molecular complexity index is 913. The van der Waals surface area contributed by atoms with E-state index in [1.807, 2.05) is 23.7 Å². The number of hydrogen-bond acceptors (Lipinski definition) is 3. The van der Waals surface area contributed by atoms with Crippen molar-refractivity contribution in [2.75, 3.05) is 11.9 Å². The van der Waals surface area contributed by atoms with Gasteiger partial charge in [0, 0.05) is 31.8 Å². The minimum absolute atomic E-state index is 0.131. The number of aryl methyl sites for hydroxylation is 1. The number of hydrogen-bond donors (Lipinski definition) is 2. The summed E-state index contributed by atoms with van der Waals surface area (Å²) in [7, 11) is 1.96. The van der Waals surface area contributed by atoms with E-state index in [9.17, 15) is 9.59 Å². The van der Waals surface area contributed by atoms with Gasteiger partial charge in [0.05, 0.1) is 17.4 Å². The summed E-state index contributed by atoms with van der Waals surface area (Å²) in [5.41, 5.74) is 4.42. The van der Waals surface area contributed by atoms with Crippen molar-refractivity contribution in [3.05, 3.63) is 59.9 Å². The van der Waals surface area contributed by atoms with Crippen molar-refractivity contribution in [2.45, 2.75) is 13.3 Å². The van der Waals surface area contributed by atoms with Crippen LogP contribution in [0.2, 0.25) is 0 Å². The molecule has 1 heterocycles. The number of rotatable bonds is 5. The molecule has 2 N–H and O–H groups in total. The van der Waals surface area contributed by atoms with E-state index in [2.05, 4.69) is 21.7 Å². The number of anilines is 1. The van der Waals surface area contributed by atoms with Gasteiger partial charge in [-0.25, -0.2) is 4.98 Å². The second-order valence-corrected chi connectivity index (χ2v) is 5.94. The van der Waals surface area contributed by atoms with Crippen LogP contribution in [0.3, 0.4) is 0 Å². The molecule has 2 aromatic carbocycles. The topological polar surface area (TPSA) is 76.0 Å². The summed E-state index contributed by atoms with van der Waals surface area (Å²) < 4.78 is 1.98. The van der Waals surface area contributed by atoms with Gasteiger partial charge in [0.15, 0.2) is 0 Å². The molecule has 0 atom stereocenters. The van der Waals surface area contributed by atoms with Crippen LogP contribution in [0, 0.1) is 0 Å². The Morgan fingerprint density at radius 2 is 1.88 bits per heavy atom. The zero-order valence-electron chi connectivity index (χ0n) is 14.2. The van der Waals surface area contributed by atoms with Gasteiger partial charge in [-0.2, -0.15) is 0 Å². The summed E-state index contributed by atoms with van der Waals surface area (Å²) in [5, 5.41) is 5.58. The van der Waals surface area contributed by atoms with Crippen LogP contribution in [0.4, 0.5) is 5.69 Å². The largest absolute Gasteiger partial charge is 0.352 e. The molecule has 128 valence electrons. The molecule has 25 heavy (non-hydrogen) atoms. The van der Waals surface area contributed by atoms with Gasteiger partial charge in [0.25, 0.3) is 5.91 Å². The highest BCUT2D eigenvalue weighted by Gasteiger charge is 2.06. The van der Waals surface area contributed by atoms with Crippen molar-refractivity contribution in [1.29, 1.82) is 0 Å². The highest BCUT2D eigenvalue weighted by Crippen LogP contribution is 2.14. The third kappa shape index (κ3) is 4.03. The van der Waals surface area contributed by atoms with Crippen LogP contribution in [-0.4, -0.2) is 27.9 Å². The molecule has 0 spiro atoms. The number of nitrogens with zero attached hydrogens (tertiary/aromatic N) is 2. The molecule has 0 fully saturated rings. The highest BCUT2D eigenvalue weighted by atomic mass is 16.2. The van der Waals surface area contributed by atoms with E-state index in [1.165, 1.54) is 6.92 Å². The lowest BCUT2D eigenvalue weighted by Crippen LogP contribution is -2.25. The molecule has 0 aliphatic heterocycles. The molecule has 3 rings (SSSR count). The quantitative estimate of drug-likeness (QED) is 0.752. The van der Waals surface area contributed by atoms with Gasteiger partial charge in [0.1, 0.15) is 0 Å². The lowest BCUT2D eigenvalue weighted by atomic mass is 10.1. The van der Waals surface area contributed by atoms with Gasteiger partial charge in [-0.3, -0.25) is 9.59 Å². The first-order chi connectivity index (χ1) is 12.0. The van der Waals surface area contributed by atoms with E-state index in [-0.39, 0.29) is 11.8 Å². The van der Waals surface area contributed by atoms with Gasteiger partial charge in [-0.05, 0) is 48.4 Å². The number of nitrogens with one attached hydrogen (secondary N) is 2. The van der Waals surface area contributed by atoms with Crippen molar-refractivity contribution < 1.29 is 9.59 Å². The van der Waals surface area contributed by atoms with E-state index < -0.39 is 0 Å². The van der Waals surface area contributed by atoms with Gasteiger partial charge in [-0.1, -0.05) is 6.07 Å². The summed E-state index contributed by atoms with van der Waals surface area (Å²) in [6.07, 6.45) is 2.53. The smallest absolute Gasteiger partial charge is 0.251 e. The minimum atomic E-state index is -0.137. The van der Waals surface area contributed by atoms with Crippen molar-refractivity contribution in [3.8, 4) is 0 Å². The van der Waals surface area contributed by atoms with E-state index in [1.54, 1.807) is 30.6 Å². The summed E-state index contributed by atoms with van der Waals surface area (Å²) in [5.74, 6) is -0.268. The summed E-state index contributed by atoms with van der Waals surface area (Å²) in [6, 6.07) is 13.0. The van der Waals surface area contributed by atoms with E-state index >= 15 is 0 Å². The molecule has 0 unspecified atom stereocenters. The first kappa shape index (κ1) is 16.7. The lowest BCUT2D eigenvalue weighted by Gasteiger charge is -2.07. The zero-order chi connectivity index (χ0) is 17.8. The predicted octanol–water partition coefficient (Wildman–Crippen LogP) is 2.50. The van der Waals surface area contributed by atoms with Crippen molar-refractivity contribution in [1.82, 2.24) is 14.9 Å². The standard InChI is InChI=1S/C19H20N4O2/c1-13(24)22-16-6-4-15(5-7-16)19(25)20-10-9-14-3-8-18-17(11-14)21-12-23(18)2/h3-8,11-12H,9-10H2,1-2H3,(H,20,25)(H,22,24). The second kappa shape index (κ2) is 7.17. The summed E-state index contributed by atoms with van der Waals surface area (Å²) in [4.78, 5) is 27.5. The first-order valence-corrected chi connectivity index (χ1v) is 8.09. The molecule has 0 bridgehead atoms. The van der Waals surface area contributed by atoms with Crippen LogP contribution in [0.25, 0.3) is 11.0 Å². The Morgan fingerprint density at radius 3 is 2.60 bits per heavy atom. The molecule has 2 amide bonds. The number of aromatic nitrogens is 2. The van der Waals surface area contributed by atoms with Crippen LogP contribution in [0.5, 0.6) is 0 Å². The molecule has 3 aromatic rings. The maximum atomic E-state index is 12.2. The van der Waals surface area contributed by atoms with Gasteiger partial charge in [-0.15, -0.1) is 0 Å². The molecule has 1 aromatic heterocycles. The van der Waals surface area contributed by atoms with Crippen LogP contribution in [0.15, 0.2) is 48.8 Å². The fourth-order valence-electron chi connectivity index (χ4n) is 2.67. The van der Waals surface area contributed by atoms with E-state index in [0.29, 0.717) is 17.8 Å². The minimum Gasteiger partial charge on any atom is -0.352 e. The second-order valence-electron chi connectivity index (χ2n) is 5.94. The number of amides is 2. The molecule has 0 aliphatic carbocycles. The Morgan fingerprint density at radius 1 is 1.12 bits per heavy atom. The summed E-state index contributed by atoms with van der Waals surface area (Å²) >= 11 is 0. The molecule has 0 saturated carbocycles. The lowest BCUT2D eigenvalue weighted by molar-refractivity contribution is -0.114. The first-order valence-electron chi connectivity index (χ1n) is 8.09. The summed E-state index contributed by atoms with van der Waals surface area (Å²) in [6.45, 7) is 1.99. The maximum Gasteiger partial charge on any atom is 0.251 e. The third-order valence-electron chi connectivity index (χ3n) is 3.96. The molecule has 6 nitrogen and oxygen atoms in total. The van der Waals surface area contributed by atoms with Gasteiger partial charge < -0.3 is 15.2 Å². The normalized spacial score (nSPS) is 10.6. The zero-order valence-corrected chi connectivity index (χ0v) is 14.2. The Labute approximate surface area is 145 Å². The van der Waals surface area contributed by atoms with E-state index in [4.69, 9.17) is 0 Å². The average molecular weight is 336 g/mol. The Kier molecular flexibility index (Phi) is 4.79. The fourth-order valence-corrected chi connectivity index (χ4v) is 2.67. The SMILES string of the molecule is CC(=O)Nc1ccc(C(=O)NCCc2ccc3c(c2)ncn3C)cc1. The van der Waals surface area contributed by atoms with Crippen molar-refractivity contribution in [2.24, 2.45) is 7.05 Å². The van der Waals surface area contributed by atoms with Gasteiger partial charge >= 0.3 is 0 Å². The molecule has 0 radical (unpaired) electrons. The number of carbonyl (C=O) groups excluding carboxylic acids is 2. The predicted molar refractivity (Wildman–Crippen MR) is 97.5 cm³/mol. The number of carbonyl (C=O) groups is 2. The maximum absolute atomic E-state index is 12.2. The van der Waals surface area contributed by atoms with Crippen LogP contribution in [0.1, 0.15) is 22.8 Å². The average Bonchev–Trinajstić information content (AvgIpc) is 2.95. The number of fused-ring (bicyclic) bond motifs is 1. The Hall–Kier alpha value is -3.15. The monoisotopic (exact) mass is 336 g/mol. The molecule has 0 aliphatic rings. The van der Waals surface area contributed by atoms with Crippen LogP contribution in [-0.2, 0) is 18.3 Å². The third-order valence-corrected chi connectivity index (χ3v) is 3.96.